The minimum atomic E-state index is -1.65. The number of rotatable bonds is 24. The number of nitrogens with one attached hydrogen (secondary N) is 3. The predicted molar refractivity (Wildman–Crippen MR) is 276 cm³/mol. The summed E-state index contributed by atoms with van der Waals surface area (Å²) in [6.07, 6.45) is 6.36. The lowest BCUT2D eigenvalue weighted by Crippen LogP contribution is -2.52. The standard InChI is InChI=1S/C23H20N2O6.C16H31N3O5.C8H19NO.C5H9N3/c1-3-13-14-7-12(27)5-6-18(14)24-20-15(13)9-25-19(20)8-17-16(21(25)28)10-30-22(29)23(17,4-2)31-11-26;1-12(2)14(10-23-3)19-16(22)13(6-4-5-7-17)18-15(21)11-24-9-8-20;1-5-10-7-6-8(2,3)9-4;1-3-8-4-5(2)6-7-8/h5-8,11,27H,3-4,9-10H2,1-2H3;8,12-14H,4-7,9-11,17H2,1-3H3,(H,18,21)(H,19,22);9H,5-7H2,1-4H3;4H,3H2,1-2H3. The zero-order valence-electron chi connectivity index (χ0n) is 44.6. The van der Waals surface area contributed by atoms with Crippen molar-refractivity contribution >= 4 is 41.4 Å². The summed E-state index contributed by atoms with van der Waals surface area (Å²) in [5.74, 6) is -1.02. The molecule has 5 heterocycles. The van der Waals surface area contributed by atoms with Crippen LogP contribution in [0.25, 0.3) is 22.3 Å². The van der Waals surface area contributed by atoms with Crippen molar-refractivity contribution in [3.05, 3.63) is 68.8 Å². The van der Waals surface area contributed by atoms with Crippen LogP contribution in [-0.4, -0.2) is 132 Å². The molecule has 4 aromatic rings. The maximum absolute atomic E-state index is 13.4. The molecule has 0 saturated heterocycles. The molecule has 2 amide bonds. The highest BCUT2D eigenvalue weighted by Crippen LogP contribution is 2.42. The van der Waals surface area contributed by atoms with Crippen molar-refractivity contribution in [2.45, 2.75) is 144 Å². The van der Waals surface area contributed by atoms with Gasteiger partial charge in [-0.3, -0.25) is 23.9 Å². The lowest BCUT2D eigenvalue weighted by atomic mass is 9.85. The van der Waals surface area contributed by atoms with E-state index in [0.29, 0.717) is 66.9 Å². The Morgan fingerprint density at radius 1 is 1.05 bits per heavy atom. The number of nitrogens with two attached hydrogens (primary N) is 1. The van der Waals surface area contributed by atoms with Crippen LogP contribution in [0.5, 0.6) is 5.75 Å². The van der Waals surface area contributed by atoms with Gasteiger partial charge in [0.2, 0.25) is 17.4 Å². The van der Waals surface area contributed by atoms with Gasteiger partial charge < -0.3 is 59.8 Å². The number of aromatic hydroxyl groups is 1. The van der Waals surface area contributed by atoms with Gasteiger partial charge in [0.05, 0.1) is 47.4 Å². The first-order valence-corrected chi connectivity index (χ1v) is 25.0. The normalized spacial score (nSPS) is 15.1. The Hall–Kier alpha value is -6.13. The number of esters is 1. The molecule has 0 aliphatic carbocycles. The van der Waals surface area contributed by atoms with Crippen LogP contribution in [0.1, 0.15) is 115 Å². The van der Waals surface area contributed by atoms with Gasteiger partial charge in [-0.15, -0.1) is 5.10 Å². The van der Waals surface area contributed by atoms with Crippen molar-refractivity contribution in [1.29, 1.82) is 0 Å². The van der Waals surface area contributed by atoms with E-state index in [1.807, 2.05) is 54.8 Å². The Morgan fingerprint density at radius 3 is 2.36 bits per heavy atom. The summed E-state index contributed by atoms with van der Waals surface area (Å²) in [6, 6.07) is 5.93. The number of methoxy groups -OCH3 is 1. The third kappa shape index (κ3) is 17.0. The molecule has 0 spiro atoms. The van der Waals surface area contributed by atoms with E-state index in [9.17, 15) is 33.9 Å². The Labute approximate surface area is 428 Å². The summed E-state index contributed by atoms with van der Waals surface area (Å²) in [5.41, 5.74) is 9.25. The summed E-state index contributed by atoms with van der Waals surface area (Å²) in [5, 5.41) is 27.2. The summed E-state index contributed by atoms with van der Waals surface area (Å²) < 4.78 is 29.1. The summed E-state index contributed by atoms with van der Waals surface area (Å²) in [7, 11) is 3.55. The number of unbranched alkanes of at least 4 members (excludes halogenated alkanes) is 1. The van der Waals surface area contributed by atoms with Crippen LogP contribution >= 0.6 is 0 Å². The van der Waals surface area contributed by atoms with E-state index in [-0.39, 0.29) is 67.4 Å². The van der Waals surface area contributed by atoms with Gasteiger partial charge in [0, 0.05) is 55.1 Å². The molecule has 21 nitrogen and oxygen atoms in total. The molecule has 0 radical (unpaired) electrons. The van der Waals surface area contributed by atoms with Crippen LogP contribution in [0.3, 0.4) is 0 Å². The predicted octanol–water partition coefficient (Wildman–Crippen LogP) is 4.15. The van der Waals surface area contributed by atoms with E-state index in [1.54, 1.807) is 47.5 Å². The fraction of sp³-hybridized carbons (Fsp3) is 0.596. The molecule has 1 aromatic carbocycles. The number of hydrogen-bond donors (Lipinski definition) is 5. The van der Waals surface area contributed by atoms with Gasteiger partial charge in [0.1, 0.15) is 37.9 Å². The van der Waals surface area contributed by atoms with E-state index in [2.05, 4.69) is 40.1 Å². The van der Waals surface area contributed by atoms with Gasteiger partial charge in [0.15, 0.2) is 0 Å². The monoisotopic (exact) mass is 1020 g/mol. The molecule has 0 saturated carbocycles. The third-order valence-corrected chi connectivity index (χ3v) is 12.6. The second kappa shape index (κ2) is 30.2. The number of phenols is 1. The maximum atomic E-state index is 13.4. The van der Waals surface area contributed by atoms with Gasteiger partial charge in [0.25, 0.3) is 12.0 Å². The lowest BCUT2D eigenvalue weighted by molar-refractivity contribution is -0.182. The van der Waals surface area contributed by atoms with Crippen LogP contribution in [0.4, 0.5) is 0 Å². The van der Waals surface area contributed by atoms with Crippen molar-refractivity contribution in [3.8, 4) is 17.1 Å². The number of nitrogens with zero attached hydrogens (tertiary/aromatic N) is 5. The van der Waals surface area contributed by atoms with Gasteiger partial charge in [-0.1, -0.05) is 32.9 Å². The molecular weight excluding hydrogens is 943 g/mol. The molecule has 0 fully saturated rings. The maximum Gasteiger partial charge on any atom is 0.355 e. The molecule has 3 atom stereocenters. The van der Waals surface area contributed by atoms with Crippen molar-refractivity contribution in [3.63, 3.8) is 0 Å². The van der Waals surface area contributed by atoms with Gasteiger partial charge in [-0.2, -0.15) is 0 Å². The number of amides is 2. The molecule has 2 aliphatic rings. The molecular formula is C52H79N9O12. The molecule has 3 aromatic heterocycles. The average Bonchev–Trinajstić information content (AvgIpc) is 3.97. The second-order valence-corrected chi connectivity index (χ2v) is 18.5. The van der Waals surface area contributed by atoms with Crippen LogP contribution in [0.15, 0.2) is 35.3 Å². The van der Waals surface area contributed by atoms with Crippen LogP contribution in [-0.2, 0) is 79.4 Å². The highest BCUT2D eigenvalue weighted by Gasteiger charge is 2.49. The zero-order chi connectivity index (χ0) is 54.3. The SMILES string of the molecule is CCOCCC(C)(C)NC.CCc1c2c(nc3ccc(O)cc13)-c1cc3c(c(=O)n1C2)COC(=O)C3(CC)OC=O.CCn1cc(C)nn1.COCC(NC(=O)C(CCCCN)NC(=O)COCC=O)C(C)C. The van der Waals surface area contributed by atoms with Gasteiger partial charge in [-0.05, 0) is 122 Å². The van der Waals surface area contributed by atoms with Crippen molar-refractivity contribution < 1.29 is 52.8 Å². The Bertz CT molecular complexity index is 2490. The quantitative estimate of drug-likeness (QED) is 0.0330. The highest BCUT2D eigenvalue weighted by atomic mass is 16.6. The Morgan fingerprint density at radius 2 is 1.79 bits per heavy atom. The first-order chi connectivity index (χ1) is 34.8. The number of benzene rings is 1. The topological polar surface area (TPSA) is 279 Å². The minimum Gasteiger partial charge on any atom is -0.508 e. The fourth-order valence-electron chi connectivity index (χ4n) is 8.03. The second-order valence-electron chi connectivity index (χ2n) is 18.5. The number of aldehydes is 1. The number of aryl methyl sites for hydroxylation is 3. The molecule has 6 rings (SSSR count). The van der Waals surface area contributed by atoms with E-state index in [0.717, 1.165) is 61.2 Å². The Balaban J connectivity index is 0.000000294. The van der Waals surface area contributed by atoms with Crippen LogP contribution < -0.4 is 27.2 Å². The molecule has 73 heavy (non-hydrogen) atoms. The fourth-order valence-corrected chi connectivity index (χ4v) is 8.03. The molecule has 0 bridgehead atoms. The van der Waals surface area contributed by atoms with Crippen LogP contribution in [0.2, 0.25) is 0 Å². The number of ether oxygens (including phenoxy) is 5. The molecule has 3 unspecified atom stereocenters. The van der Waals surface area contributed by atoms with Crippen molar-refractivity contribution in [2.24, 2.45) is 11.7 Å². The number of pyridine rings is 2. The third-order valence-electron chi connectivity index (χ3n) is 12.6. The van der Waals surface area contributed by atoms with E-state index in [1.165, 1.54) is 0 Å². The average molecular weight is 1020 g/mol. The number of cyclic esters (lactones) is 1. The summed E-state index contributed by atoms with van der Waals surface area (Å²) in [4.78, 5) is 76.5. The van der Waals surface area contributed by atoms with Crippen molar-refractivity contribution in [1.82, 2.24) is 40.5 Å². The first kappa shape index (κ1) is 61.2. The molecule has 6 N–H and O–H groups in total. The number of carbonyl (C=O) groups excluding carboxylic acids is 5. The number of aromatic nitrogens is 5. The number of hydrogen-bond acceptors (Lipinski definition) is 17. The zero-order valence-corrected chi connectivity index (χ0v) is 44.6. The highest BCUT2D eigenvalue weighted by molar-refractivity contribution is 5.90. The largest absolute Gasteiger partial charge is 0.508 e. The number of carbonyl (C=O) groups is 5. The molecule has 2 aliphatic heterocycles. The first-order valence-electron chi connectivity index (χ1n) is 25.0. The van der Waals surface area contributed by atoms with Crippen molar-refractivity contribution in [2.75, 3.05) is 53.7 Å². The minimum absolute atomic E-state index is 0.136. The summed E-state index contributed by atoms with van der Waals surface area (Å²) >= 11 is 0. The number of phenolic OH excluding ortho intramolecular Hbond substituents is 1. The van der Waals surface area contributed by atoms with Gasteiger partial charge in [-0.25, -0.2) is 9.78 Å². The smallest absolute Gasteiger partial charge is 0.355 e. The van der Waals surface area contributed by atoms with E-state index >= 15 is 0 Å². The van der Waals surface area contributed by atoms with Gasteiger partial charge >= 0.3 is 5.97 Å². The lowest BCUT2D eigenvalue weighted by Gasteiger charge is -2.34. The van der Waals surface area contributed by atoms with E-state index < -0.39 is 23.5 Å². The molecule has 21 heteroatoms. The Kier molecular flexibility index (Phi) is 25.3. The number of fused-ring (bicyclic) bond motifs is 5. The summed E-state index contributed by atoms with van der Waals surface area (Å²) in [6.45, 7) is 21.5. The van der Waals surface area contributed by atoms with E-state index in [4.69, 9.17) is 34.4 Å². The molecule has 404 valence electrons. The van der Waals surface area contributed by atoms with Crippen LogP contribution in [0, 0.1) is 12.8 Å².